The maximum atomic E-state index is 12.3. The molecule has 19 heavy (non-hydrogen) atoms. The van der Waals surface area contributed by atoms with Gasteiger partial charge in [-0.3, -0.25) is 4.98 Å². The smallest absolute Gasteiger partial charge is 0.217 e. The average Bonchev–Trinajstić information content (AvgIpc) is 3.19. The molecule has 1 aromatic heterocycles. The fourth-order valence-electron chi connectivity index (χ4n) is 1.80. The van der Waals surface area contributed by atoms with E-state index in [4.69, 9.17) is 18.0 Å². The number of hydrogen-bond acceptors (Lipinski definition) is 4. The topological polar surface area (TPSA) is 76.3 Å². The highest BCUT2D eigenvalue weighted by atomic mass is 32.2. The number of pyridine rings is 1. The molecule has 104 valence electrons. The molecular formula is C12H17N3O2S2. The number of nitrogens with zero attached hydrogens (tertiary/aromatic N) is 2. The third-order valence-electron chi connectivity index (χ3n) is 2.99. The van der Waals surface area contributed by atoms with Crippen molar-refractivity contribution < 1.29 is 8.42 Å². The first-order valence-electron chi connectivity index (χ1n) is 6.16. The molecule has 2 N–H and O–H groups in total. The van der Waals surface area contributed by atoms with Gasteiger partial charge in [0.15, 0.2) is 0 Å². The summed E-state index contributed by atoms with van der Waals surface area (Å²) in [5.41, 5.74) is 6.34. The van der Waals surface area contributed by atoms with Crippen LogP contribution in [0.1, 0.15) is 24.8 Å². The highest BCUT2D eigenvalue weighted by Crippen LogP contribution is 2.31. The first kappa shape index (κ1) is 14.4. The van der Waals surface area contributed by atoms with Crippen molar-refractivity contribution in [1.82, 2.24) is 9.29 Å². The Labute approximate surface area is 118 Å². The molecule has 0 aliphatic heterocycles. The van der Waals surface area contributed by atoms with Crippen LogP contribution in [0.25, 0.3) is 0 Å². The predicted octanol–water partition coefficient (Wildman–Crippen LogP) is 1.05. The lowest BCUT2D eigenvalue weighted by molar-refractivity contribution is 0.414. The van der Waals surface area contributed by atoms with Gasteiger partial charge >= 0.3 is 0 Å². The predicted molar refractivity (Wildman–Crippen MR) is 78.0 cm³/mol. The van der Waals surface area contributed by atoms with Crippen LogP contribution in [0.4, 0.5) is 0 Å². The van der Waals surface area contributed by atoms with Crippen LogP contribution in [0, 0.1) is 0 Å². The lowest BCUT2D eigenvalue weighted by Crippen LogP contribution is -2.35. The Morgan fingerprint density at radius 3 is 2.79 bits per heavy atom. The summed E-state index contributed by atoms with van der Waals surface area (Å²) in [6.45, 7) is 0.665. The first-order chi connectivity index (χ1) is 9.00. The SMILES string of the molecule is NC(=S)CCN(Cc1cccnc1)S(=O)(=O)C1CC1. The van der Waals surface area contributed by atoms with Crippen LogP contribution >= 0.6 is 12.2 Å². The molecule has 1 heterocycles. The van der Waals surface area contributed by atoms with E-state index in [1.807, 2.05) is 6.07 Å². The Kier molecular flexibility index (Phi) is 4.49. The van der Waals surface area contributed by atoms with E-state index in [1.54, 1.807) is 18.5 Å². The molecule has 7 heteroatoms. The average molecular weight is 299 g/mol. The minimum atomic E-state index is -3.23. The summed E-state index contributed by atoms with van der Waals surface area (Å²) in [4.78, 5) is 4.34. The zero-order valence-corrected chi connectivity index (χ0v) is 12.2. The van der Waals surface area contributed by atoms with Gasteiger partial charge in [-0.05, 0) is 24.5 Å². The molecule has 0 bridgehead atoms. The van der Waals surface area contributed by atoms with Gasteiger partial charge in [0.25, 0.3) is 0 Å². The molecule has 1 aliphatic carbocycles. The second-order valence-electron chi connectivity index (χ2n) is 4.66. The van der Waals surface area contributed by atoms with Crippen molar-refractivity contribution in [1.29, 1.82) is 0 Å². The van der Waals surface area contributed by atoms with Gasteiger partial charge in [-0.2, -0.15) is 4.31 Å². The quantitative estimate of drug-likeness (QED) is 0.762. The first-order valence-corrected chi connectivity index (χ1v) is 8.07. The number of thiocarbonyl (C=S) groups is 1. The molecule has 0 unspecified atom stereocenters. The Morgan fingerprint density at radius 1 is 1.53 bits per heavy atom. The third-order valence-corrected chi connectivity index (χ3v) is 5.54. The molecule has 1 fully saturated rings. The molecule has 0 aromatic carbocycles. The van der Waals surface area contributed by atoms with Gasteiger partial charge in [-0.25, -0.2) is 8.42 Å². The minimum absolute atomic E-state index is 0.226. The molecule has 2 rings (SSSR count). The lowest BCUT2D eigenvalue weighted by Gasteiger charge is -2.21. The molecule has 5 nitrogen and oxygen atoms in total. The summed E-state index contributed by atoms with van der Waals surface area (Å²) in [6, 6.07) is 3.66. The van der Waals surface area contributed by atoms with Gasteiger partial charge in [0.05, 0.1) is 10.2 Å². The fraction of sp³-hybridized carbons (Fsp3) is 0.500. The Morgan fingerprint density at radius 2 is 2.26 bits per heavy atom. The van der Waals surface area contributed by atoms with Crippen LogP contribution in [-0.4, -0.2) is 34.5 Å². The fourth-order valence-corrected chi connectivity index (χ4v) is 3.72. The van der Waals surface area contributed by atoms with E-state index in [0.717, 1.165) is 18.4 Å². The Hall–Kier alpha value is -1.05. The highest BCUT2D eigenvalue weighted by molar-refractivity contribution is 7.90. The van der Waals surface area contributed by atoms with Crippen LogP contribution in [-0.2, 0) is 16.6 Å². The summed E-state index contributed by atoms with van der Waals surface area (Å²) in [5.74, 6) is 0. The molecule has 0 saturated heterocycles. The van der Waals surface area contributed by atoms with Crippen LogP contribution in [0.15, 0.2) is 24.5 Å². The maximum Gasteiger partial charge on any atom is 0.217 e. The summed E-state index contributed by atoms with van der Waals surface area (Å²) in [6.07, 6.45) is 5.24. The van der Waals surface area contributed by atoms with Gasteiger partial charge in [0.2, 0.25) is 10.0 Å². The summed E-state index contributed by atoms with van der Waals surface area (Å²) in [5, 5.41) is -0.226. The van der Waals surface area contributed by atoms with Gasteiger partial charge in [-0.1, -0.05) is 18.3 Å². The number of aromatic nitrogens is 1. The molecule has 1 aromatic rings. The molecule has 1 saturated carbocycles. The molecule has 0 spiro atoms. The minimum Gasteiger partial charge on any atom is -0.393 e. The van der Waals surface area contributed by atoms with Gasteiger partial charge < -0.3 is 5.73 Å². The van der Waals surface area contributed by atoms with Gasteiger partial charge in [0.1, 0.15) is 0 Å². The van der Waals surface area contributed by atoms with Crippen molar-refractivity contribution in [2.75, 3.05) is 6.54 Å². The third kappa shape index (κ3) is 3.95. The Bertz CT molecular complexity index is 541. The van der Waals surface area contributed by atoms with Crippen LogP contribution < -0.4 is 5.73 Å². The van der Waals surface area contributed by atoms with Crippen LogP contribution in [0.2, 0.25) is 0 Å². The van der Waals surface area contributed by atoms with E-state index in [1.165, 1.54) is 4.31 Å². The van der Waals surface area contributed by atoms with Crippen molar-refractivity contribution in [3.8, 4) is 0 Å². The molecule has 0 atom stereocenters. The van der Waals surface area contributed by atoms with Crippen LogP contribution in [0.5, 0.6) is 0 Å². The van der Waals surface area contributed by atoms with Crippen molar-refractivity contribution in [2.45, 2.75) is 31.1 Å². The number of nitrogens with two attached hydrogens (primary N) is 1. The standard InChI is InChI=1S/C12H17N3O2S2/c13-12(18)5-7-15(19(16,17)11-3-4-11)9-10-2-1-6-14-8-10/h1-2,6,8,11H,3-5,7,9H2,(H2,13,18). The second-order valence-corrected chi connectivity index (χ2v) is 7.39. The summed E-state index contributed by atoms with van der Waals surface area (Å²) >= 11 is 4.83. The van der Waals surface area contributed by atoms with E-state index >= 15 is 0 Å². The molecule has 0 amide bonds. The van der Waals surface area contributed by atoms with E-state index in [2.05, 4.69) is 4.98 Å². The maximum absolute atomic E-state index is 12.3. The van der Waals surface area contributed by atoms with Crippen LogP contribution in [0.3, 0.4) is 0 Å². The number of rotatable bonds is 7. The monoisotopic (exact) mass is 299 g/mol. The number of hydrogen-bond donors (Lipinski definition) is 1. The zero-order valence-electron chi connectivity index (χ0n) is 10.5. The highest BCUT2D eigenvalue weighted by Gasteiger charge is 2.39. The molecular weight excluding hydrogens is 282 g/mol. The van der Waals surface area contributed by atoms with E-state index in [9.17, 15) is 8.42 Å². The van der Waals surface area contributed by atoms with E-state index in [0.29, 0.717) is 24.5 Å². The van der Waals surface area contributed by atoms with Crippen molar-refractivity contribution in [2.24, 2.45) is 5.73 Å². The van der Waals surface area contributed by atoms with Crippen molar-refractivity contribution >= 4 is 27.2 Å². The van der Waals surface area contributed by atoms with Crippen molar-refractivity contribution in [3.63, 3.8) is 0 Å². The van der Waals surface area contributed by atoms with E-state index in [-0.39, 0.29) is 5.25 Å². The molecule has 0 radical (unpaired) electrons. The largest absolute Gasteiger partial charge is 0.393 e. The summed E-state index contributed by atoms with van der Waals surface area (Å²) in [7, 11) is -3.23. The zero-order chi connectivity index (χ0) is 13.9. The summed E-state index contributed by atoms with van der Waals surface area (Å²) < 4.78 is 26.1. The van der Waals surface area contributed by atoms with Gasteiger partial charge in [-0.15, -0.1) is 0 Å². The second kappa shape index (κ2) is 5.94. The Balaban J connectivity index is 2.12. The molecule has 1 aliphatic rings. The van der Waals surface area contributed by atoms with Gasteiger partial charge in [0, 0.05) is 31.9 Å². The van der Waals surface area contributed by atoms with Crippen molar-refractivity contribution in [3.05, 3.63) is 30.1 Å². The lowest BCUT2D eigenvalue weighted by atomic mass is 10.3. The number of sulfonamides is 1. The van der Waals surface area contributed by atoms with E-state index < -0.39 is 10.0 Å². The normalized spacial score (nSPS) is 15.6.